The van der Waals surface area contributed by atoms with E-state index in [0.29, 0.717) is 23.7 Å². The van der Waals surface area contributed by atoms with Gasteiger partial charge in [-0.3, -0.25) is 0 Å². The lowest BCUT2D eigenvalue weighted by atomic mass is 9.87. The van der Waals surface area contributed by atoms with Crippen molar-refractivity contribution >= 4 is 89.3 Å². The van der Waals surface area contributed by atoms with Crippen LogP contribution in [0.4, 0.5) is 51.2 Å². The Labute approximate surface area is 650 Å². The molecule has 0 amide bonds. The van der Waals surface area contributed by atoms with Crippen LogP contribution in [0.1, 0.15) is 147 Å². The predicted octanol–water partition coefficient (Wildman–Crippen LogP) is 29.4. The van der Waals surface area contributed by atoms with Crippen molar-refractivity contribution in [1.82, 2.24) is 4.40 Å². The zero-order chi connectivity index (χ0) is 74.4. The van der Waals surface area contributed by atoms with Crippen LogP contribution in [0.15, 0.2) is 334 Å². The second-order valence-corrected chi connectivity index (χ2v) is 30.8. The zero-order valence-corrected chi connectivity index (χ0v) is 64.2. The first-order valence-corrected chi connectivity index (χ1v) is 40.3. The molecule has 0 aliphatic heterocycles. The smallest absolute Gasteiger partial charge is 0.119 e. The summed E-state index contributed by atoms with van der Waals surface area (Å²) < 4.78 is 8.00. The fourth-order valence-electron chi connectivity index (χ4n) is 17.6. The Balaban J connectivity index is 0.000000190. The van der Waals surface area contributed by atoms with Crippen molar-refractivity contribution in [2.75, 3.05) is 21.8 Å². The van der Waals surface area contributed by atoms with Crippen LogP contribution < -0.4 is 19.4 Å². The summed E-state index contributed by atoms with van der Waals surface area (Å²) in [6, 6.07) is 123. The molecule has 2 aliphatic carbocycles. The number of para-hydroxylation sites is 4. The van der Waals surface area contributed by atoms with E-state index in [2.05, 4.69) is 368 Å². The van der Waals surface area contributed by atoms with E-state index in [-0.39, 0.29) is 0 Å². The van der Waals surface area contributed by atoms with Crippen LogP contribution in [0.2, 0.25) is 0 Å². The molecule has 5 heteroatoms. The highest BCUT2D eigenvalue weighted by Gasteiger charge is 2.25. The SMILES string of the molecule is CCC(CCCC(C)c1ccc(-c2ccc(N(c3ccc4c(c3)CC4)c3ccc4c(c3)CC4)cc2)cc1)c1ccc(N(c2ccc(OC)cc2)c2ccc(N(c3ccccc3)c3ccccc3)cc2)cc1.CCC(CCCC(C)c1ccccc1)c1ccc(-c2cc3c4ccccc4n4c5ccccc5c(c2)c34)cc1. The van der Waals surface area contributed by atoms with Crippen LogP contribution in [0.3, 0.4) is 0 Å². The Kier molecular flexibility index (Phi) is 20.7. The Morgan fingerprint density at radius 1 is 0.291 bits per heavy atom. The lowest BCUT2D eigenvalue weighted by Crippen LogP contribution is -2.15. The molecule has 0 saturated carbocycles. The first kappa shape index (κ1) is 71.0. The molecule has 544 valence electrons. The van der Waals surface area contributed by atoms with E-state index in [1.165, 1.54) is 186 Å². The van der Waals surface area contributed by atoms with Gasteiger partial charge in [0.2, 0.25) is 0 Å². The van der Waals surface area contributed by atoms with Crippen molar-refractivity contribution in [3.8, 4) is 28.0 Å². The molecular formula is C105H98N4O. The van der Waals surface area contributed by atoms with Crippen molar-refractivity contribution in [2.24, 2.45) is 0 Å². The molecular weight excluding hydrogens is 1330 g/mol. The summed E-state index contributed by atoms with van der Waals surface area (Å²) in [5, 5.41) is 5.35. The highest BCUT2D eigenvalue weighted by Crippen LogP contribution is 2.46. The number of nitrogens with zero attached hydrogens (tertiary/aromatic N) is 4. The Morgan fingerprint density at radius 3 is 1.04 bits per heavy atom. The summed E-state index contributed by atoms with van der Waals surface area (Å²) in [7, 11) is 1.72. The first-order chi connectivity index (χ1) is 54.2. The van der Waals surface area contributed by atoms with Crippen molar-refractivity contribution < 1.29 is 4.74 Å². The highest BCUT2D eigenvalue weighted by atomic mass is 16.5. The maximum atomic E-state index is 5.55. The monoisotopic (exact) mass is 1430 g/mol. The summed E-state index contributed by atoms with van der Waals surface area (Å²) in [4.78, 5) is 7.08. The lowest BCUT2D eigenvalue weighted by molar-refractivity contribution is 0.415. The topological polar surface area (TPSA) is 23.4 Å². The molecule has 2 aromatic heterocycles. The minimum Gasteiger partial charge on any atom is -0.497 e. The third-order valence-corrected chi connectivity index (χ3v) is 24.2. The molecule has 0 radical (unpaired) electrons. The molecule has 4 unspecified atom stereocenters. The van der Waals surface area contributed by atoms with Crippen LogP contribution in [0.25, 0.3) is 60.3 Å². The van der Waals surface area contributed by atoms with E-state index in [1.807, 2.05) is 12.1 Å². The number of methoxy groups -OCH3 is 1. The van der Waals surface area contributed by atoms with Gasteiger partial charge in [0.1, 0.15) is 5.75 Å². The van der Waals surface area contributed by atoms with E-state index >= 15 is 0 Å². The summed E-state index contributed by atoms with van der Waals surface area (Å²) in [5.41, 5.74) is 31.1. The maximum absolute atomic E-state index is 5.55. The van der Waals surface area contributed by atoms with Gasteiger partial charge in [0.15, 0.2) is 0 Å². The molecule has 0 bridgehead atoms. The van der Waals surface area contributed by atoms with Gasteiger partial charge in [0, 0.05) is 72.7 Å². The molecule has 5 nitrogen and oxygen atoms in total. The molecule has 0 saturated heterocycles. The molecule has 2 aliphatic rings. The average molecular weight is 1430 g/mol. The third kappa shape index (κ3) is 14.6. The van der Waals surface area contributed by atoms with Gasteiger partial charge < -0.3 is 23.8 Å². The first-order valence-electron chi connectivity index (χ1n) is 40.3. The molecule has 16 aromatic rings. The largest absolute Gasteiger partial charge is 0.497 e. The lowest BCUT2D eigenvalue weighted by Gasteiger charge is -2.30. The minimum absolute atomic E-state index is 0.489. The summed E-state index contributed by atoms with van der Waals surface area (Å²) in [6.07, 6.45) is 14.3. The number of ether oxygens (including phenoxy) is 1. The van der Waals surface area contributed by atoms with Gasteiger partial charge in [0.05, 0.1) is 23.7 Å². The van der Waals surface area contributed by atoms with E-state index in [1.54, 1.807) is 7.11 Å². The summed E-state index contributed by atoms with van der Waals surface area (Å²) in [5.74, 6) is 3.07. The maximum Gasteiger partial charge on any atom is 0.119 e. The molecule has 0 fully saturated rings. The molecule has 14 aromatic carbocycles. The Hall–Kier alpha value is -11.9. The van der Waals surface area contributed by atoms with E-state index in [0.717, 1.165) is 52.7 Å². The second kappa shape index (κ2) is 32.1. The van der Waals surface area contributed by atoms with Crippen LogP contribution in [0, 0.1) is 0 Å². The van der Waals surface area contributed by atoms with Crippen LogP contribution in [-0.4, -0.2) is 11.5 Å². The van der Waals surface area contributed by atoms with Crippen molar-refractivity contribution in [3.63, 3.8) is 0 Å². The van der Waals surface area contributed by atoms with Gasteiger partial charge in [0.25, 0.3) is 0 Å². The number of hydrogen-bond donors (Lipinski definition) is 0. The Bertz CT molecular complexity index is 5580. The molecule has 0 N–H and O–H groups in total. The molecule has 110 heavy (non-hydrogen) atoms. The summed E-state index contributed by atoms with van der Waals surface area (Å²) >= 11 is 0. The van der Waals surface area contributed by atoms with Crippen LogP contribution in [0.5, 0.6) is 5.75 Å². The van der Waals surface area contributed by atoms with Crippen LogP contribution in [-0.2, 0) is 25.7 Å². The molecule has 4 atom stereocenters. The molecule has 0 spiro atoms. The van der Waals surface area contributed by atoms with Gasteiger partial charge in [-0.2, -0.15) is 0 Å². The highest BCUT2D eigenvalue weighted by molar-refractivity contribution is 6.24. The quantitative estimate of drug-likeness (QED) is 0.0539. The van der Waals surface area contributed by atoms with Gasteiger partial charge in [-0.25, -0.2) is 0 Å². The van der Waals surface area contributed by atoms with E-state index in [4.69, 9.17) is 4.74 Å². The van der Waals surface area contributed by atoms with Gasteiger partial charge in [-0.1, -0.05) is 229 Å². The standard InChI is InChI=1S/C67H63N3O.C38H35N/c1-4-49(51-26-32-60(33-27-51)69(64-42-44-67(71-3)45-43-64)63-40-38-62(39-41-63)68(58-14-7-5-8-15-58)59-16-9-6-10-17-59)13-11-12-48(2)50-18-20-52(21-19-50)53-28-34-61(35-29-53)70(65-36-30-54-22-24-56(54)46-65)66-37-31-55-23-25-57(55)47-66;1-3-27(15-11-12-26(2)28-13-5-4-6-14-28)29-20-22-30(23-21-29)31-24-34-32-16-7-9-18-36(32)39-37-19-10-8-17-33(37)35(25-31)38(34)39/h5-10,14-21,26-49H,4,11-13,22-25H2,1-3H3;4-10,13-14,16-27H,3,11-12,15H2,1-2H3. The second-order valence-electron chi connectivity index (χ2n) is 30.8. The van der Waals surface area contributed by atoms with Crippen molar-refractivity contribution in [2.45, 2.75) is 128 Å². The van der Waals surface area contributed by atoms with E-state index in [9.17, 15) is 0 Å². The number of benzene rings is 14. The summed E-state index contributed by atoms with van der Waals surface area (Å²) in [6.45, 7) is 9.43. The van der Waals surface area contributed by atoms with E-state index < -0.39 is 0 Å². The minimum atomic E-state index is 0.489. The number of rotatable bonds is 26. The van der Waals surface area contributed by atoms with Crippen molar-refractivity contribution in [1.29, 1.82) is 0 Å². The third-order valence-electron chi connectivity index (χ3n) is 24.2. The zero-order valence-electron chi connectivity index (χ0n) is 64.2. The van der Waals surface area contributed by atoms with Gasteiger partial charge in [-0.05, 0) is 300 Å². The number of aromatic nitrogens is 1. The number of aryl methyl sites for hydroxylation is 4. The molecule has 18 rings (SSSR count). The van der Waals surface area contributed by atoms with Crippen LogP contribution >= 0.6 is 0 Å². The number of hydrogen-bond acceptors (Lipinski definition) is 4. The van der Waals surface area contributed by atoms with Crippen molar-refractivity contribution in [3.05, 3.63) is 378 Å². The van der Waals surface area contributed by atoms with Gasteiger partial charge in [-0.15, -0.1) is 0 Å². The number of fused-ring (bicyclic) bond motifs is 8. The average Bonchev–Trinajstić information content (AvgIpc) is 1.54. The fraction of sp³-hybridized carbons (Fsp3) is 0.200. The molecule has 2 heterocycles. The normalized spacial score (nSPS) is 13.3. The predicted molar refractivity (Wildman–Crippen MR) is 467 cm³/mol. The Morgan fingerprint density at radius 2 is 0.618 bits per heavy atom. The van der Waals surface area contributed by atoms with Gasteiger partial charge >= 0.3 is 0 Å². The number of anilines is 9. The fourth-order valence-corrected chi connectivity index (χ4v) is 17.6.